The average Bonchev–Trinajstić information content (AvgIpc) is 3.22. The number of allylic oxidation sites excluding steroid dienone is 2. The summed E-state index contributed by atoms with van der Waals surface area (Å²) in [7, 11) is 0. The highest BCUT2D eigenvalue weighted by Gasteiger charge is 2.32. The van der Waals surface area contributed by atoms with Crippen molar-refractivity contribution in [1.82, 2.24) is 0 Å². The van der Waals surface area contributed by atoms with Crippen molar-refractivity contribution in [2.24, 2.45) is 0 Å². The maximum Gasteiger partial charge on any atom is 0.416 e. The van der Waals surface area contributed by atoms with E-state index in [1.807, 2.05) is 61.5 Å². The molecule has 0 bridgehead atoms. The van der Waals surface area contributed by atoms with Crippen molar-refractivity contribution < 1.29 is 17.9 Å². The Morgan fingerprint density at radius 2 is 1.53 bits per heavy atom. The second-order valence-electron chi connectivity index (χ2n) is 7.66. The molecule has 0 atom stereocenters. The molecule has 0 aromatic heterocycles. The maximum absolute atomic E-state index is 13.4. The number of alkyl halides is 3. The summed E-state index contributed by atoms with van der Waals surface area (Å²) >= 11 is 0. The van der Waals surface area contributed by atoms with Crippen molar-refractivity contribution in [2.75, 3.05) is 0 Å². The number of halogens is 3. The summed E-state index contributed by atoms with van der Waals surface area (Å²) in [5, 5.41) is 0. The standard InChI is InChI=1S/C26H23F3O/c1-18-10-12-20(13-11-18)22-8-5-9-23(22)24-16-21(26(27,28)29)14-15-25(24)30-17-19-6-3-2-4-7-19/h2-4,6-7,10-16H,5,8-9,17H2,1H3. The van der Waals surface area contributed by atoms with Crippen LogP contribution in [0.1, 0.15) is 47.1 Å². The second-order valence-corrected chi connectivity index (χ2v) is 7.66. The summed E-state index contributed by atoms with van der Waals surface area (Å²) in [4.78, 5) is 0. The SMILES string of the molecule is Cc1ccc(C2=C(c3cc(C(F)(F)F)ccc3OCc3ccccc3)CCC2)cc1. The lowest BCUT2D eigenvalue weighted by molar-refractivity contribution is -0.137. The predicted molar refractivity (Wildman–Crippen MR) is 114 cm³/mol. The van der Waals surface area contributed by atoms with Gasteiger partial charge in [0.1, 0.15) is 12.4 Å². The van der Waals surface area contributed by atoms with E-state index in [0.29, 0.717) is 17.9 Å². The monoisotopic (exact) mass is 408 g/mol. The zero-order valence-corrected chi connectivity index (χ0v) is 16.8. The first kappa shape index (κ1) is 20.3. The minimum Gasteiger partial charge on any atom is -0.488 e. The number of aryl methyl sites for hydroxylation is 1. The highest BCUT2D eigenvalue weighted by atomic mass is 19.4. The molecular weight excluding hydrogens is 385 g/mol. The van der Waals surface area contributed by atoms with E-state index in [4.69, 9.17) is 4.74 Å². The third kappa shape index (κ3) is 4.43. The molecule has 0 fully saturated rings. The molecule has 0 unspecified atom stereocenters. The van der Waals surface area contributed by atoms with E-state index >= 15 is 0 Å². The first-order valence-corrected chi connectivity index (χ1v) is 10.1. The minimum absolute atomic E-state index is 0.312. The summed E-state index contributed by atoms with van der Waals surface area (Å²) in [6.07, 6.45) is -1.87. The molecule has 0 N–H and O–H groups in total. The van der Waals surface area contributed by atoms with Crippen LogP contribution in [0.15, 0.2) is 72.8 Å². The first-order valence-electron chi connectivity index (χ1n) is 10.1. The number of hydrogen-bond acceptors (Lipinski definition) is 1. The molecule has 0 saturated carbocycles. The molecule has 0 aliphatic heterocycles. The summed E-state index contributed by atoms with van der Waals surface area (Å²) in [5.74, 6) is 0.494. The van der Waals surface area contributed by atoms with E-state index in [1.165, 1.54) is 12.1 Å². The molecule has 0 radical (unpaired) electrons. The average molecular weight is 408 g/mol. The highest BCUT2D eigenvalue weighted by molar-refractivity contribution is 5.94. The third-order valence-electron chi connectivity index (χ3n) is 5.49. The molecule has 0 spiro atoms. The van der Waals surface area contributed by atoms with E-state index in [1.54, 1.807) is 0 Å². The third-order valence-corrected chi connectivity index (χ3v) is 5.49. The van der Waals surface area contributed by atoms with Crippen LogP contribution in [-0.4, -0.2) is 0 Å². The second kappa shape index (κ2) is 8.39. The van der Waals surface area contributed by atoms with Crippen molar-refractivity contribution in [3.63, 3.8) is 0 Å². The van der Waals surface area contributed by atoms with Crippen LogP contribution in [-0.2, 0) is 12.8 Å². The lowest BCUT2D eigenvalue weighted by Crippen LogP contribution is -2.07. The van der Waals surface area contributed by atoms with Gasteiger partial charge in [-0.25, -0.2) is 0 Å². The fraction of sp³-hybridized carbons (Fsp3) is 0.231. The van der Waals surface area contributed by atoms with Crippen LogP contribution in [0.5, 0.6) is 5.75 Å². The molecule has 3 aromatic carbocycles. The molecule has 1 aliphatic carbocycles. The summed E-state index contributed by atoms with van der Waals surface area (Å²) in [6, 6.07) is 21.6. The Bertz CT molecular complexity index is 1050. The first-order chi connectivity index (χ1) is 14.4. The van der Waals surface area contributed by atoms with E-state index in [2.05, 4.69) is 0 Å². The molecule has 1 nitrogen and oxygen atoms in total. The Hall–Kier alpha value is -3.01. The fourth-order valence-corrected chi connectivity index (χ4v) is 3.92. The Labute approximate surface area is 174 Å². The smallest absolute Gasteiger partial charge is 0.416 e. The maximum atomic E-state index is 13.4. The van der Waals surface area contributed by atoms with Crippen molar-refractivity contribution in [3.05, 3.63) is 101 Å². The molecule has 1 aliphatic rings. The largest absolute Gasteiger partial charge is 0.488 e. The van der Waals surface area contributed by atoms with Crippen molar-refractivity contribution >= 4 is 11.1 Å². The Kier molecular flexibility index (Phi) is 5.67. The van der Waals surface area contributed by atoms with Crippen LogP contribution in [0.3, 0.4) is 0 Å². The molecule has 0 amide bonds. The van der Waals surface area contributed by atoms with Crippen LogP contribution < -0.4 is 4.74 Å². The zero-order valence-electron chi connectivity index (χ0n) is 16.8. The van der Waals surface area contributed by atoms with Gasteiger partial charge in [0.2, 0.25) is 0 Å². The van der Waals surface area contributed by atoms with Gasteiger partial charge in [-0.1, -0.05) is 60.2 Å². The molecule has 30 heavy (non-hydrogen) atoms. The van der Waals surface area contributed by atoms with Gasteiger partial charge in [0.25, 0.3) is 0 Å². The lowest BCUT2D eigenvalue weighted by atomic mass is 9.94. The van der Waals surface area contributed by atoms with Gasteiger partial charge in [-0.2, -0.15) is 13.2 Å². The van der Waals surface area contributed by atoms with Crippen LogP contribution in [0.25, 0.3) is 11.1 Å². The predicted octanol–water partition coefficient (Wildman–Crippen LogP) is 7.69. The van der Waals surface area contributed by atoms with Gasteiger partial charge in [0.15, 0.2) is 0 Å². The van der Waals surface area contributed by atoms with Crippen molar-refractivity contribution in [3.8, 4) is 5.75 Å². The zero-order chi connectivity index (χ0) is 21.1. The number of hydrogen-bond donors (Lipinski definition) is 0. The van der Waals surface area contributed by atoms with Gasteiger partial charge in [-0.05, 0) is 66.7 Å². The van der Waals surface area contributed by atoms with Gasteiger partial charge in [-0.15, -0.1) is 0 Å². The van der Waals surface area contributed by atoms with Crippen LogP contribution in [0.2, 0.25) is 0 Å². The Balaban J connectivity index is 1.77. The fourth-order valence-electron chi connectivity index (χ4n) is 3.92. The molecule has 0 saturated heterocycles. The van der Waals surface area contributed by atoms with E-state index < -0.39 is 11.7 Å². The van der Waals surface area contributed by atoms with Gasteiger partial charge < -0.3 is 4.74 Å². The topological polar surface area (TPSA) is 9.23 Å². The van der Waals surface area contributed by atoms with Crippen LogP contribution >= 0.6 is 0 Å². The lowest BCUT2D eigenvalue weighted by Gasteiger charge is -2.17. The van der Waals surface area contributed by atoms with Crippen molar-refractivity contribution in [2.45, 2.75) is 39.0 Å². The molecule has 4 heteroatoms. The van der Waals surface area contributed by atoms with Gasteiger partial charge >= 0.3 is 6.18 Å². The number of rotatable bonds is 5. The molecular formula is C26H23F3O. The molecule has 3 aromatic rings. The van der Waals surface area contributed by atoms with Gasteiger partial charge in [0, 0.05) is 5.56 Å². The van der Waals surface area contributed by atoms with E-state index in [-0.39, 0.29) is 0 Å². The van der Waals surface area contributed by atoms with Gasteiger partial charge in [0.05, 0.1) is 5.56 Å². The summed E-state index contributed by atoms with van der Waals surface area (Å²) < 4.78 is 46.3. The van der Waals surface area contributed by atoms with E-state index in [0.717, 1.165) is 53.2 Å². The molecule has 154 valence electrons. The molecule has 4 rings (SSSR count). The van der Waals surface area contributed by atoms with Crippen molar-refractivity contribution in [1.29, 1.82) is 0 Å². The summed E-state index contributed by atoms with van der Waals surface area (Å²) in [6.45, 7) is 2.34. The Morgan fingerprint density at radius 3 is 2.23 bits per heavy atom. The quantitative estimate of drug-likeness (QED) is 0.420. The van der Waals surface area contributed by atoms with Crippen LogP contribution in [0.4, 0.5) is 13.2 Å². The van der Waals surface area contributed by atoms with Crippen LogP contribution in [0, 0.1) is 6.92 Å². The number of ether oxygens (including phenoxy) is 1. The number of benzene rings is 3. The minimum atomic E-state index is -4.39. The Morgan fingerprint density at radius 1 is 0.833 bits per heavy atom. The van der Waals surface area contributed by atoms with E-state index in [9.17, 15) is 13.2 Å². The highest BCUT2D eigenvalue weighted by Crippen LogP contribution is 2.44. The van der Waals surface area contributed by atoms with Gasteiger partial charge in [-0.3, -0.25) is 0 Å². The normalized spacial score (nSPS) is 14.3. The summed E-state index contributed by atoms with van der Waals surface area (Å²) in [5.41, 5.74) is 5.17. The molecule has 0 heterocycles.